The van der Waals surface area contributed by atoms with E-state index in [9.17, 15) is 9.59 Å². The maximum Gasteiger partial charge on any atom is 0.264 e. The Labute approximate surface area is 256 Å². The highest BCUT2D eigenvalue weighted by molar-refractivity contribution is 6.16. The van der Waals surface area contributed by atoms with Gasteiger partial charge in [0.2, 0.25) is 0 Å². The normalized spacial score (nSPS) is 14.2. The molecule has 0 unspecified atom stereocenters. The zero-order chi connectivity index (χ0) is 30.7. The molecule has 0 aromatic heterocycles. The molecule has 2 amide bonds. The molecule has 0 aliphatic carbocycles. The van der Waals surface area contributed by atoms with Crippen molar-refractivity contribution in [2.45, 2.75) is 41.5 Å². The maximum atomic E-state index is 14.6. The smallest absolute Gasteiger partial charge is 0.264 e. The van der Waals surface area contributed by atoms with Crippen LogP contribution in [0.2, 0.25) is 0 Å². The van der Waals surface area contributed by atoms with E-state index in [-0.39, 0.29) is 11.8 Å². The van der Waals surface area contributed by atoms with E-state index in [1.165, 1.54) is 0 Å². The van der Waals surface area contributed by atoms with Crippen molar-refractivity contribution in [3.05, 3.63) is 154 Å². The summed E-state index contributed by atoms with van der Waals surface area (Å²) in [6, 6.07) is 33.1. The predicted octanol–water partition coefficient (Wildman–Crippen LogP) is 8.10. The van der Waals surface area contributed by atoms with Gasteiger partial charge in [-0.15, -0.1) is 0 Å². The van der Waals surface area contributed by atoms with Crippen LogP contribution in [0.5, 0.6) is 0 Å². The fourth-order valence-electron chi connectivity index (χ4n) is 5.71. The molecule has 0 spiro atoms. The lowest BCUT2D eigenvalue weighted by Gasteiger charge is -2.24. The van der Waals surface area contributed by atoms with E-state index in [4.69, 9.17) is 0 Å². The van der Waals surface area contributed by atoms with Crippen LogP contribution in [0.15, 0.2) is 109 Å². The third-order valence-electron chi connectivity index (χ3n) is 8.26. The van der Waals surface area contributed by atoms with Gasteiger partial charge in [-0.2, -0.15) is 0 Å². The summed E-state index contributed by atoms with van der Waals surface area (Å²) in [6.45, 7) is 12.9. The molecule has 43 heavy (non-hydrogen) atoms. The molecule has 0 bridgehead atoms. The molecular formula is C39H40N2O2. The Morgan fingerprint density at radius 3 is 0.930 bits per heavy atom. The lowest BCUT2D eigenvalue weighted by atomic mass is 9.78. The maximum absolute atomic E-state index is 14.6. The van der Waals surface area contributed by atoms with Crippen LogP contribution in [0.25, 0.3) is 11.1 Å². The van der Waals surface area contributed by atoms with Gasteiger partial charge in [0, 0.05) is 13.1 Å². The zero-order valence-corrected chi connectivity index (χ0v) is 26.0. The first kappa shape index (κ1) is 29.8. The fourth-order valence-corrected chi connectivity index (χ4v) is 5.71. The molecule has 4 aromatic carbocycles. The summed E-state index contributed by atoms with van der Waals surface area (Å²) >= 11 is 0. The zero-order valence-electron chi connectivity index (χ0n) is 26.0. The lowest BCUT2D eigenvalue weighted by Crippen LogP contribution is -2.40. The van der Waals surface area contributed by atoms with Crippen LogP contribution in [-0.4, -0.2) is 34.9 Å². The van der Waals surface area contributed by atoms with Gasteiger partial charge < -0.3 is 0 Å². The van der Waals surface area contributed by atoms with E-state index in [2.05, 4.69) is 125 Å². The molecule has 1 aliphatic rings. The minimum absolute atomic E-state index is 0.240. The van der Waals surface area contributed by atoms with Gasteiger partial charge in [-0.25, -0.2) is 0 Å². The number of nitrogens with zero attached hydrogens (tertiary/aromatic N) is 2. The Hall–Kier alpha value is -4.70. The number of carbonyl (C=O) groups is 2. The SMILES string of the molecule is CCN1C(=O)C(C=C(c2ccc(C)cc2)c2ccc(C)cc2)(C=C(c2ccc(C)cc2)c2ccc(C)cc2)C(=O)N1CC. The molecular weight excluding hydrogens is 528 g/mol. The van der Waals surface area contributed by atoms with Crippen LogP contribution in [0, 0.1) is 33.1 Å². The fraction of sp³-hybridized carbons (Fsp3) is 0.231. The molecule has 0 N–H and O–H groups in total. The highest BCUT2D eigenvalue weighted by Gasteiger charge is 2.55. The summed E-state index contributed by atoms with van der Waals surface area (Å²) in [6.07, 6.45) is 3.82. The average molecular weight is 569 g/mol. The monoisotopic (exact) mass is 568 g/mol. The summed E-state index contributed by atoms with van der Waals surface area (Å²) in [7, 11) is 0. The Morgan fingerprint density at radius 2 is 0.721 bits per heavy atom. The van der Waals surface area contributed by atoms with Crippen molar-refractivity contribution in [3.8, 4) is 0 Å². The van der Waals surface area contributed by atoms with E-state index in [1.807, 2.05) is 26.0 Å². The minimum Gasteiger partial charge on any atom is -0.271 e. The van der Waals surface area contributed by atoms with E-state index in [0.717, 1.165) is 55.7 Å². The highest BCUT2D eigenvalue weighted by atomic mass is 16.2. The molecule has 1 heterocycles. The van der Waals surface area contributed by atoms with Gasteiger partial charge in [0.05, 0.1) is 0 Å². The largest absolute Gasteiger partial charge is 0.271 e. The van der Waals surface area contributed by atoms with Crippen molar-refractivity contribution in [2.24, 2.45) is 5.41 Å². The summed E-state index contributed by atoms with van der Waals surface area (Å²) in [5.74, 6) is -0.481. The first-order valence-corrected chi connectivity index (χ1v) is 15.0. The quantitative estimate of drug-likeness (QED) is 0.202. The minimum atomic E-state index is -1.55. The van der Waals surface area contributed by atoms with Crippen molar-refractivity contribution >= 4 is 23.0 Å². The predicted molar refractivity (Wildman–Crippen MR) is 176 cm³/mol. The summed E-state index contributed by atoms with van der Waals surface area (Å²) in [4.78, 5) is 29.3. The molecule has 5 rings (SSSR count). The van der Waals surface area contributed by atoms with Gasteiger partial charge in [-0.1, -0.05) is 119 Å². The number of carbonyl (C=O) groups excluding carboxylic acids is 2. The molecule has 0 saturated carbocycles. The summed E-state index contributed by atoms with van der Waals surface area (Å²) in [5.41, 5.74) is 8.52. The van der Waals surface area contributed by atoms with Crippen LogP contribution in [0.1, 0.15) is 58.4 Å². The molecule has 4 heteroatoms. The third kappa shape index (κ3) is 5.83. The second-order valence-electron chi connectivity index (χ2n) is 11.5. The van der Waals surface area contributed by atoms with E-state index < -0.39 is 5.41 Å². The topological polar surface area (TPSA) is 40.6 Å². The van der Waals surface area contributed by atoms with E-state index in [1.54, 1.807) is 10.0 Å². The number of aryl methyl sites for hydroxylation is 4. The average Bonchev–Trinajstić information content (AvgIpc) is 3.21. The van der Waals surface area contributed by atoms with Crippen LogP contribution in [0.4, 0.5) is 0 Å². The standard InChI is InChI=1S/C39H40N2O2/c1-7-40-37(42)39(38(43)41(40)8-2,25-35(31-17-9-27(3)10-18-31)32-19-11-28(4)12-20-32)26-36(33-21-13-29(5)14-22-33)34-23-15-30(6)16-24-34/h9-26H,7-8H2,1-6H3. The Bertz CT molecular complexity index is 1450. The number of amides is 2. The van der Waals surface area contributed by atoms with Gasteiger partial charge in [0.15, 0.2) is 5.41 Å². The van der Waals surface area contributed by atoms with Crippen LogP contribution in [-0.2, 0) is 9.59 Å². The Morgan fingerprint density at radius 1 is 0.488 bits per heavy atom. The third-order valence-corrected chi connectivity index (χ3v) is 8.26. The van der Waals surface area contributed by atoms with Crippen molar-refractivity contribution in [1.29, 1.82) is 0 Å². The first-order chi connectivity index (χ1) is 20.7. The van der Waals surface area contributed by atoms with Crippen LogP contribution >= 0.6 is 0 Å². The van der Waals surface area contributed by atoms with Crippen LogP contribution < -0.4 is 0 Å². The van der Waals surface area contributed by atoms with E-state index in [0.29, 0.717) is 13.1 Å². The van der Waals surface area contributed by atoms with Crippen molar-refractivity contribution < 1.29 is 9.59 Å². The number of hydrogen-bond acceptors (Lipinski definition) is 2. The molecule has 0 atom stereocenters. The molecule has 4 aromatic rings. The Kier molecular flexibility index (Phi) is 8.50. The number of rotatable bonds is 8. The molecule has 0 radical (unpaired) electrons. The van der Waals surface area contributed by atoms with Crippen molar-refractivity contribution in [3.63, 3.8) is 0 Å². The van der Waals surface area contributed by atoms with Gasteiger partial charge in [-0.3, -0.25) is 19.6 Å². The van der Waals surface area contributed by atoms with Gasteiger partial charge in [0.25, 0.3) is 11.8 Å². The number of benzene rings is 4. The van der Waals surface area contributed by atoms with Gasteiger partial charge >= 0.3 is 0 Å². The van der Waals surface area contributed by atoms with Gasteiger partial charge in [0.1, 0.15) is 0 Å². The number of hydrazine groups is 1. The molecule has 1 aliphatic heterocycles. The molecule has 218 valence electrons. The van der Waals surface area contributed by atoms with E-state index >= 15 is 0 Å². The van der Waals surface area contributed by atoms with Crippen molar-refractivity contribution in [1.82, 2.24) is 10.0 Å². The van der Waals surface area contributed by atoms with Crippen molar-refractivity contribution in [2.75, 3.05) is 13.1 Å². The Balaban J connectivity index is 1.86. The molecule has 4 nitrogen and oxygen atoms in total. The number of hydrogen-bond donors (Lipinski definition) is 0. The first-order valence-electron chi connectivity index (χ1n) is 15.0. The lowest BCUT2D eigenvalue weighted by molar-refractivity contribution is -0.145. The van der Waals surface area contributed by atoms with Gasteiger partial charge in [-0.05, 0) is 87.1 Å². The summed E-state index contributed by atoms with van der Waals surface area (Å²) < 4.78 is 0. The second-order valence-corrected chi connectivity index (χ2v) is 11.5. The molecule has 1 saturated heterocycles. The second kappa shape index (κ2) is 12.3. The van der Waals surface area contributed by atoms with Crippen LogP contribution in [0.3, 0.4) is 0 Å². The summed E-state index contributed by atoms with van der Waals surface area (Å²) in [5, 5.41) is 3.19. The molecule has 1 fully saturated rings. The highest BCUT2D eigenvalue weighted by Crippen LogP contribution is 2.42.